The van der Waals surface area contributed by atoms with Crippen LogP contribution in [0.4, 0.5) is 29.0 Å². The van der Waals surface area contributed by atoms with Crippen molar-refractivity contribution in [3.63, 3.8) is 0 Å². The van der Waals surface area contributed by atoms with E-state index in [1.165, 1.54) is 12.1 Å². The Balaban J connectivity index is 0.000000423. The van der Waals surface area contributed by atoms with Gasteiger partial charge >= 0.3 is 13.6 Å². The molecule has 19 nitrogen and oxygen atoms in total. The molecular formula is C39H55Cl3N9O10P. The van der Waals surface area contributed by atoms with Crippen LogP contribution in [0.5, 0.6) is 11.5 Å². The minimum absolute atomic E-state index is 0.0223. The van der Waals surface area contributed by atoms with Crippen molar-refractivity contribution >= 4 is 83.2 Å². The highest BCUT2D eigenvalue weighted by Gasteiger charge is 2.25. The molecule has 0 saturated heterocycles. The molecule has 1 aromatic heterocycles. The van der Waals surface area contributed by atoms with Gasteiger partial charge in [-0.3, -0.25) is 29.6 Å². The van der Waals surface area contributed by atoms with Gasteiger partial charge in [0.05, 0.1) is 36.1 Å². The Labute approximate surface area is 376 Å². The molecule has 1 amide bonds. The normalized spacial score (nSPS) is 11.2. The lowest BCUT2D eigenvalue weighted by Gasteiger charge is -2.31. The van der Waals surface area contributed by atoms with Crippen molar-refractivity contribution in [2.75, 3.05) is 60.2 Å². The topological polar surface area (TPSA) is 278 Å². The lowest BCUT2D eigenvalue weighted by Crippen LogP contribution is -2.43. The van der Waals surface area contributed by atoms with Crippen LogP contribution in [0.2, 0.25) is 10.3 Å². The van der Waals surface area contributed by atoms with Crippen LogP contribution in [-0.2, 0) is 25.3 Å². The average Bonchev–Trinajstić information content (AvgIpc) is 3.17. The number of hydrogen-bond acceptors (Lipinski definition) is 14. The molecule has 0 saturated carbocycles. The number of nitro benzene ring substituents is 1. The Morgan fingerprint density at radius 3 is 2.16 bits per heavy atom. The summed E-state index contributed by atoms with van der Waals surface area (Å²) in [7, 11) is -2.46. The highest BCUT2D eigenvalue weighted by atomic mass is 35.5. The molecule has 0 bridgehead atoms. The van der Waals surface area contributed by atoms with Crippen LogP contribution in [0.25, 0.3) is 0 Å². The van der Waals surface area contributed by atoms with Gasteiger partial charge in [-0.25, -0.2) is 0 Å². The molecule has 342 valence electrons. The molecule has 0 fully saturated rings. The Hall–Kier alpha value is -4.85. The van der Waals surface area contributed by atoms with E-state index >= 15 is 0 Å². The third-order valence-electron chi connectivity index (χ3n) is 7.49. The molecule has 4 aromatic rings. The van der Waals surface area contributed by atoms with E-state index in [4.69, 9.17) is 64.9 Å². The number of carboxylic acid groups (broad SMARTS) is 1. The largest absolute Gasteiger partial charge is 0.480 e. The number of para-hydroxylation sites is 2. The van der Waals surface area contributed by atoms with Gasteiger partial charge in [0.15, 0.2) is 0 Å². The Morgan fingerprint density at radius 1 is 1.02 bits per heavy atom. The molecule has 23 heteroatoms. The molecule has 62 heavy (non-hydrogen) atoms. The minimum atomic E-state index is -4.10. The summed E-state index contributed by atoms with van der Waals surface area (Å²) in [6.07, 6.45) is 0.280. The second-order valence-electron chi connectivity index (χ2n) is 13.9. The number of carbonyl (C=O) groups excluding carboxylic acids is 1. The van der Waals surface area contributed by atoms with E-state index in [-0.39, 0.29) is 50.8 Å². The number of aromatic nitrogens is 3. The van der Waals surface area contributed by atoms with Crippen molar-refractivity contribution in [3.05, 3.63) is 92.2 Å². The zero-order chi connectivity index (χ0) is 47.2. The third-order valence-corrected chi connectivity index (χ3v) is 8.91. The van der Waals surface area contributed by atoms with E-state index < -0.39 is 31.3 Å². The zero-order valence-electron chi connectivity index (χ0n) is 35.7. The molecule has 1 heterocycles. The Kier molecular flexibility index (Phi) is 24.3. The van der Waals surface area contributed by atoms with E-state index in [0.717, 1.165) is 29.8 Å². The van der Waals surface area contributed by atoms with E-state index in [2.05, 4.69) is 43.9 Å². The number of nitrogens with one attached hydrogen (secondary N) is 3. The molecule has 0 radical (unpaired) electrons. The number of alkyl halides is 1. The van der Waals surface area contributed by atoms with E-state index in [9.17, 15) is 24.3 Å². The summed E-state index contributed by atoms with van der Waals surface area (Å²) < 4.78 is 20.7. The number of aliphatic carboxylic acids is 1. The molecule has 0 aliphatic rings. The predicted molar refractivity (Wildman–Crippen MR) is 244 cm³/mol. The SMILES string of the molecule is CCNc1nc(Cl)nc(NC(C)(C)C)n1.CCc1cccc(C)c1N(C(=O)CCl)C(C)COC.Nc1c([N+](=O)[O-])ccc(Oc2ccccc2)c1Cl.O=C(O)CNCP(=O)(O)O. The van der Waals surface area contributed by atoms with Crippen molar-refractivity contribution in [3.8, 4) is 11.5 Å². The number of amides is 1. The van der Waals surface area contributed by atoms with Gasteiger partial charge in [0.1, 0.15) is 28.1 Å². The van der Waals surface area contributed by atoms with Gasteiger partial charge in [-0.05, 0) is 88.9 Å². The molecule has 0 aliphatic carbocycles. The van der Waals surface area contributed by atoms with Crippen LogP contribution >= 0.6 is 42.4 Å². The fourth-order valence-electron chi connectivity index (χ4n) is 5.02. The number of benzene rings is 3. The van der Waals surface area contributed by atoms with Crippen molar-refractivity contribution in [1.82, 2.24) is 20.3 Å². The number of carboxylic acids is 1. The van der Waals surface area contributed by atoms with Gasteiger partial charge in [-0.15, -0.1) is 11.6 Å². The number of ether oxygens (including phenoxy) is 2. The maximum absolute atomic E-state index is 12.2. The fourth-order valence-corrected chi connectivity index (χ4v) is 5.91. The van der Waals surface area contributed by atoms with Crippen molar-refractivity contribution < 1.29 is 43.4 Å². The van der Waals surface area contributed by atoms with Gasteiger partial charge in [0.2, 0.25) is 23.1 Å². The molecule has 0 aliphatic heterocycles. The number of nitrogens with two attached hydrogens (primary N) is 1. The van der Waals surface area contributed by atoms with Gasteiger partial charge in [0, 0.05) is 25.3 Å². The summed E-state index contributed by atoms with van der Waals surface area (Å²) in [4.78, 5) is 62.3. The lowest BCUT2D eigenvalue weighted by atomic mass is 10.0. The highest BCUT2D eigenvalue weighted by molar-refractivity contribution is 7.51. The van der Waals surface area contributed by atoms with E-state index in [1.54, 1.807) is 36.3 Å². The molecule has 1 atom stereocenters. The fraction of sp³-hybridized carbons (Fsp3) is 0.410. The summed E-state index contributed by atoms with van der Waals surface area (Å²) in [5.74, 6) is 0.580. The molecule has 1 unspecified atom stereocenters. The number of hydrogen-bond donors (Lipinski definition) is 7. The van der Waals surface area contributed by atoms with Crippen LogP contribution in [-0.4, -0.2) is 97.2 Å². The van der Waals surface area contributed by atoms with Crippen LogP contribution in [0.15, 0.2) is 60.7 Å². The second-order valence-corrected chi connectivity index (χ2v) is 16.5. The zero-order valence-corrected chi connectivity index (χ0v) is 38.8. The number of carbonyl (C=O) groups is 2. The number of aryl methyl sites for hydroxylation is 2. The lowest BCUT2D eigenvalue weighted by molar-refractivity contribution is -0.383. The first-order valence-corrected chi connectivity index (χ1v) is 21.9. The van der Waals surface area contributed by atoms with Gasteiger partial charge in [-0.1, -0.05) is 54.9 Å². The maximum Gasteiger partial charge on any atom is 0.339 e. The van der Waals surface area contributed by atoms with Crippen molar-refractivity contribution in [2.24, 2.45) is 0 Å². The summed E-state index contributed by atoms with van der Waals surface area (Å²) >= 11 is 17.5. The molecule has 8 N–H and O–H groups in total. The summed E-state index contributed by atoms with van der Waals surface area (Å²) in [6.45, 7) is 14.9. The standard InChI is InChI=1S/C15H22ClNO2.C12H9ClN2O3.C9H16ClN5.C3H8NO5P/c1-5-13-8-6-7-11(2)15(13)17(14(18)9-16)12(3)10-19-4;13-11-10(18-8-4-2-1-3-5-8)7-6-9(12(11)14)15(16)17;1-5-11-7-12-6(10)13-8(14-7)15-9(2,3)4;5-3(6)1-4-2-10(7,8)9/h6-8,12H,5,9-10H2,1-4H3;1-7H,14H2;5H2,1-4H3,(H2,11,12,13,14,15);4H,1-2H2,(H,5,6)(H2,7,8,9). The Morgan fingerprint density at radius 2 is 1.65 bits per heavy atom. The predicted octanol–water partition coefficient (Wildman–Crippen LogP) is 7.75. The van der Waals surface area contributed by atoms with Gasteiger partial charge in [0.25, 0.3) is 5.69 Å². The van der Waals surface area contributed by atoms with Crippen LogP contribution in [0, 0.1) is 17.0 Å². The summed E-state index contributed by atoms with van der Waals surface area (Å²) in [6, 6.07) is 17.7. The molecule has 4 rings (SSSR count). The van der Waals surface area contributed by atoms with Crippen LogP contribution in [0.3, 0.4) is 0 Å². The first-order chi connectivity index (χ1) is 29.0. The molecule has 3 aromatic carbocycles. The second kappa shape index (κ2) is 27.3. The van der Waals surface area contributed by atoms with Gasteiger partial charge < -0.3 is 45.6 Å². The summed E-state index contributed by atoms with van der Waals surface area (Å²) in [5, 5.41) is 27.1. The number of halogens is 3. The van der Waals surface area contributed by atoms with E-state index in [1.807, 2.05) is 59.7 Å². The average molecular weight is 947 g/mol. The number of nitro groups is 1. The monoisotopic (exact) mass is 945 g/mol. The quantitative estimate of drug-likeness (QED) is 0.0186. The smallest absolute Gasteiger partial charge is 0.339 e. The number of anilines is 4. The third kappa shape index (κ3) is 20.8. The van der Waals surface area contributed by atoms with E-state index in [0.29, 0.717) is 24.3 Å². The number of rotatable bonds is 16. The first kappa shape index (κ1) is 55.2. The molecular weight excluding hydrogens is 892 g/mol. The van der Waals surface area contributed by atoms with Crippen molar-refractivity contribution in [2.45, 2.75) is 66.5 Å². The number of methoxy groups -OCH3 is 1. The van der Waals surface area contributed by atoms with Crippen LogP contribution < -0.4 is 31.3 Å². The summed E-state index contributed by atoms with van der Waals surface area (Å²) in [5.41, 5.74) is 8.35. The van der Waals surface area contributed by atoms with Crippen LogP contribution in [0.1, 0.15) is 52.7 Å². The molecule has 0 spiro atoms. The number of nitrogen functional groups attached to an aromatic ring is 1. The van der Waals surface area contributed by atoms with Gasteiger partial charge in [-0.2, -0.15) is 15.0 Å². The maximum atomic E-state index is 12.2. The highest BCUT2D eigenvalue weighted by Crippen LogP contribution is 2.39. The Bertz CT molecular complexity index is 2100. The van der Waals surface area contributed by atoms with Crippen molar-refractivity contribution in [1.29, 1.82) is 0 Å². The number of nitrogens with zero attached hydrogens (tertiary/aromatic N) is 5. The minimum Gasteiger partial charge on any atom is -0.480 e. The first-order valence-electron chi connectivity index (χ1n) is 18.8.